The van der Waals surface area contributed by atoms with Gasteiger partial charge < -0.3 is 5.32 Å². The number of nitrogens with zero attached hydrogens (tertiary/aromatic N) is 2. The van der Waals surface area contributed by atoms with E-state index in [9.17, 15) is 4.79 Å². The molecule has 1 unspecified atom stereocenters. The number of hydrogen-bond donors (Lipinski definition) is 1. The van der Waals surface area contributed by atoms with E-state index in [1.165, 1.54) is 0 Å². The van der Waals surface area contributed by atoms with Gasteiger partial charge in [0.1, 0.15) is 0 Å². The number of aromatic nitrogens is 2. The van der Waals surface area contributed by atoms with Crippen molar-refractivity contribution in [3.8, 4) is 5.69 Å². The Morgan fingerprint density at radius 2 is 2.16 bits per heavy atom. The quantitative estimate of drug-likeness (QED) is 0.861. The first-order valence-corrected chi connectivity index (χ1v) is 7.13. The summed E-state index contributed by atoms with van der Waals surface area (Å²) in [6.07, 6.45) is 4.46. The summed E-state index contributed by atoms with van der Waals surface area (Å²) in [7, 11) is 0. The number of alkyl halides is 1. The molecular weight excluding hydrogens is 306 g/mol. The van der Waals surface area contributed by atoms with E-state index >= 15 is 0 Å². The zero-order valence-electron chi connectivity index (χ0n) is 10.7. The highest BCUT2D eigenvalue weighted by molar-refractivity contribution is 9.10. The molecule has 1 N–H and O–H groups in total. The Hall–Kier alpha value is -1.62. The van der Waals surface area contributed by atoms with Gasteiger partial charge in [-0.15, -0.1) is 0 Å². The number of amides is 1. The van der Waals surface area contributed by atoms with Crippen LogP contribution in [0.5, 0.6) is 0 Å². The Morgan fingerprint density at radius 1 is 1.42 bits per heavy atom. The predicted octanol–water partition coefficient (Wildman–Crippen LogP) is 2.66. The fourth-order valence-corrected chi connectivity index (χ4v) is 1.82. The van der Waals surface area contributed by atoms with Crippen molar-refractivity contribution in [2.45, 2.75) is 24.7 Å². The first kappa shape index (κ1) is 13.8. The summed E-state index contributed by atoms with van der Waals surface area (Å²) in [5.41, 5.74) is 1.99. The molecule has 100 valence electrons. The highest BCUT2D eigenvalue weighted by Gasteiger charge is 2.11. The number of carbonyl (C=O) groups excluding carboxylic acids is 1. The molecule has 4 nitrogen and oxygen atoms in total. The van der Waals surface area contributed by atoms with E-state index in [0.29, 0.717) is 6.54 Å². The summed E-state index contributed by atoms with van der Waals surface area (Å²) in [5, 5.41) is 7.16. The van der Waals surface area contributed by atoms with Gasteiger partial charge in [-0.3, -0.25) is 4.79 Å². The lowest BCUT2D eigenvalue weighted by Gasteiger charge is -2.07. The van der Waals surface area contributed by atoms with Gasteiger partial charge in [0.2, 0.25) is 5.91 Å². The van der Waals surface area contributed by atoms with Crippen molar-refractivity contribution < 1.29 is 4.79 Å². The van der Waals surface area contributed by atoms with Crippen LogP contribution in [0.15, 0.2) is 42.7 Å². The molecule has 1 aromatic carbocycles. The molecule has 0 saturated heterocycles. The lowest BCUT2D eigenvalue weighted by Crippen LogP contribution is -2.30. The van der Waals surface area contributed by atoms with E-state index in [0.717, 1.165) is 17.7 Å². The number of nitrogens with one attached hydrogen (secondary N) is 1. The second-order valence-corrected chi connectivity index (χ2v) is 5.33. The van der Waals surface area contributed by atoms with E-state index < -0.39 is 0 Å². The Balaban J connectivity index is 1.97. The van der Waals surface area contributed by atoms with E-state index in [-0.39, 0.29) is 10.7 Å². The number of carbonyl (C=O) groups is 1. The van der Waals surface area contributed by atoms with Crippen LogP contribution in [0.4, 0.5) is 0 Å². The monoisotopic (exact) mass is 321 g/mol. The zero-order valence-corrected chi connectivity index (χ0v) is 12.3. The molecule has 1 aromatic heterocycles. The van der Waals surface area contributed by atoms with Crippen molar-refractivity contribution in [1.29, 1.82) is 0 Å². The molecule has 0 aliphatic heterocycles. The molecule has 1 atom stereocenters. The molecule has 0 fully saturated rings. The van der Waals surface area contributed by atoms with Crippen molar-refractivity contribution in [2.24, 2.45) is 0 Å². The molecule has 0 spiro atoms. The highest BCUT2D eigenvalue weighted by Crippen LogP contribution is 2.08. The first-order valence-electron chi connectivity index (χ1n) is 6.21. The zero-order chi connectivity index (χ0) is 13.7. The van der Waals surface area contributed by atoms with Crippen molar-refractivity contribution in [1.82, 2.24) is 15.1 Å². The number of benzene rings is 1. The minimum atomic E-state index is -0.128. The van der Waals surface area contributed by atoms with E-state index in [1.54, 1.807) is 10.9 Å². The van der Waals surface area contributed by atoms with Gasteiger partial charge >= 0.3 is 0 Å². The average molecular weight is 322 g/mol. The third-order valence-electron chi connectivity index (χ3n) is 2.77. The van der Waals surface area contributed by atoms with Crippen molar-refractivity contribution in [3.05, 3.63) is 48.3 Å². The van der Waals surface area contributed by atoms with Crippen LogP contribution < -0.4 is 5.32 Å². The maximum atomic E-state index is 11.6. The van der Waals surface area contributed by atoms with Gasteiger partial charge in [0.15, 0.2) is 0 Å². The van der Waals surface area contributed by atoms with Crippen LogP contribution >= 0.6 is 15.9 Å². The van der Waals surface area contributed by atoms with Gasteiger partial charge in [-0.1, -0.05) is 41.1 Å². The lowest BCUT2D eigenvalue weighted by molar-refractivity contribution is -0.120. The molecule has 1 heterocycles. The third kappa shape index (κ3) is 3.67. The largest absolute Gasteiger partial charge is 0.351 e. The summed E-state index contributed by atoms with van der Waals surface area (Å²) < 4.78 is 1.80. The molecule has 0 saturated carbocycles. The van der Waals surface area contributed by atoms with Crippen molar-refractivity contribution in [3.63, 3.8) is 0 Å². The SMILES string of the molecule is CCC(Br)C(=O)NCc1cnn(-c2ccccc2)c1. The molecule has 2 rings (SSSR count). The second-order valence-electron chi connectivity index (χ2n) is 4.22. The molecular formula is C14H16BrN3O. The van der Waals surface area contributed by atoms with Crippen LogP contribution in [0.1, 0.15) is 18.9 Å². The van der Waals surface area contributed by atoms with Gasteiger partial charge in [0, 0.05) is 18.3 Å². The molecule has 0 aliphatic rings. The van der Waals surface area contributed by atoms with Gasteiger partial charge in [-0.25, -0.2) is 4.68 Å². The summed E-state index contributed by atoms with van der Waals surface area (Å²) >= 11 is 3.32. The van der Waals surface area contributed by atoms with Gasteiger partial charge in [0.25, 0.3) is 0 Å². The Morgan fingerprint density at radius 3 is 2.84 bits per heavy atom. The number of para-hydroxylation sites is 1. The summed E-state index contributed by atoms with van der Waals surface area (Å²) in [4.78, 5) is 11.5. The molecule has 5 heteroatoms. The van der Waals surface area contributed by atoms with Crippen LogP contribution in [0.3, 0.4) is 0 Å². The highest BCUT2D eigenvalue weighted by atomic mass is 79.9. The van der Waals surface area contributed by atoms with E-state index in [2.05, 4.69) is 26.3 Å². The average Bonchev–Trinajstić information content (AvgIpc) is 2.93. The minimum Gasteiger partial charge on any atom is -0.351 e. The second kappa shape index (κ2) is 6.52. The predicted molar refractivity (Wildman–Crippen MR) is 78.4 cm³/mol. The molecule has 1 amide bonds. The van der Waals surface area contributed by atoms with Crippen LogP contribution in [-0.4, -0.2) is 20.5 Å². The molecule has 0 radical (unpaired) electrons. The Kier molecular flexibility index (Phi) is 4.74. The van der Waals surface area contributed by atoms with E-state index in [1.807, 2.05) is 43.5 Å². The maximum absolute atomic E-state index is 11.6. The number of halogens is 1. The fraction of sp³-hybridized carbons (Fsp3) is 0.286. The number of hydrogen-bond acceptors (Lipinski definition) is 2. The van der Waals surface area contributed by atoms with Crippen LogP contribution in [0.2, 0.25) is 0 Å². The minimum absolute atomic E-state index is 0.00922. The molecule has 0 aliphatic carbocycles. The summed E-state index contributed by atoms with van der Waals surface area (Å²) in [6.45, 7) is 2.46. The molecule has 0 bridgehead atoms. The molecule has 2 aromatic rings. The van der Waals surface area contributed by atoms with Crippen LogP contribution in [-0.2, 0) is 11.3 Å². The third-order valence-corrected chi connectivity index (χ3v) is 3.83. The van der Waals surface area contributed by atoms with Crippen molar-refractivity contribution >= 4 is 21.8 Å². The van der Waals surface area contributed by atoms with Gasteiger partial charge in [-0.05, 0) is 18.6 Å². The topological polar surface area (TPSA) is 46.9 Å². The van der Waals surface area contributed by atoms with Crippen LogP contribution in [0, 0.1) is 0 Å². The van der Waals surface area contributed by atoms with Crippen LogP contribution in [0.25, 0.3) is 5.69 Å². The fourth-order valence-electron chi connectivity index (χ4n) is 1.66. The smallest absolute Gasteiger partial charge is 0.234 e. The first-order chi connectivity index (χ1) is 9.20. The van der Waals surface area contributed by atoms with Gasteiger partial charge in [-0.2, -0.15) is 5.10 Å². The Bertz CT molecular complexity index is 539. The summed E-state index contributed by atoms with van der Waals surface area (Å²) in [5.74, 6) is 0.00922. The number of rotatable bonds is 5. The maximum Gasteiger partial charge on any atom is 0.234 e. The Labute approximate surface area is 120 Å². The normalized spacial score (nSPS) is 12.1. The summed E-state index contributed by atoms with van der Waals surface area (Å²) in [6, 6.07) is 9.88. The van der Waals surface area contributed by atoms with Crippen molar-refractivity contribution in [2.75, 3.05) is 0 Å². The molecule has 19 heavy (non-hydrogen) atoms. The van der Waals surface area contributed by atoms with Gasteiger partial charge in [0.05, 0.1) is 16.7 Å². The standard InChI is InChI=1S/C14H16BrN3O/c1-2-13(15)14(19)16-8-11-9-17-18(10-11)12-6-4-3-5-7-12/h3-7,9-10,13H,2,8H2,1H3,(H,16,19). The van der Waals surface area contributed by atoms with E-state index in [4.69, 9.17) is 0 Å². The lowest BCUT2D eigenvalue weighted by atomic mass is 10.3.